The average Bonchev–Trinajstić information content (AvgIpc) is 2.93. The Kier molecular flexibility index (Phi) is 6.16. The minimum Gasteiger partial charge on any atom is -0.352 e. The number of rotatable bonds is 6. The highest BCUT2D eigenvalue weighted by molar-refractivity contribution is 9.11. The summed E-state index contributed by atoms with van der Waals surface area (Å²) in [7, 11) is -3.43. The van der Waals surface area contributed by atoms with Crippen molar-refractivity contribution in [2.75, 3.05) is 39.3 Å². The SMILES string of the molecule is C=CCNC(=O)CN1CCN(S(=O)(=O)c2ccc(Br)s2)CC1. The molecule has 122 valence electrons. The Morgan fingerprint density at radius 3 is 2.59 bits per heavy atom. The van der Waals surface area contributed by atoms with Gasteiger partial charge in [-0.1, -0.05) is 6.08 Å². The van der Waals surface area contributed by atoms with Gasteiger partial charge in [0.1, 0.15) is 4.21 Å². The van der Waals surface area contributed by atoms with Crippen molar-refractivity contribution >= 4 is 43.2 Å². The smallest absolute Gasteiger partial charge is 0.252 e. The number of thiophene rings is 1. The minimum absolute atomic E-state index is 0.0709. The predicted molar refractivity (Wildman–Crippen MR) is 90.4 cm³/mol. The fraction of sp³-hybridized carbons (Fsp3) is 0.462. The van der Waals surface area contributed by atoms with Gasteiger partial charge in [0.2, 0.25) is 5.91 Å². The van der Waals surface area contributed by atoms with E-state index in [1.54, 1.807) is 18.2 Å². The molecule has 0 radical (unpaired) electrons. The molecule has 1 saturated heterocycles. The monoisotopic (exact) mass is 407 g/mol. The summed E-state index contributed by atoms with van der Waals surface area (Å²) >= 11 is 4.49. The Labute approximate surface area is 143 Å². The lowest BCUT2D eigenvalue weighted by molar-refractivity contribution is -0.122. The summed E-state index contributed by atoms with van der Waals surface area (Å²) in [6.07, 6.45) is 1.63. The van der Waals surface area contributed by atoms with E-state index in [4.69, 9.17) is 0 Å². The van der Waals surface area contributed by atoms with Crippen molar-refractivity contribution in [3.63, 3.8) is 0 Å². The van der Waals surface area contributed by atoms with Gasteiger partial charge >= 0.3 is 0 Å². The summed E-state index contributed by atoms with van der Waals surface area (Å²) in [5.74, 6) is -0.0709. The first-order valence-electron chi connectivity index (χ1n) is 6.79. The second kappa shape index (κ2) is 7.69. The topological polar surface area (TPSA) is 69.7 Å². The van der Waals surface area contributed by atoms with Gasteiger partial charge < -0.3 is 5.32 Å². The van der Waals surface area contributed by atoms with Gasteiger partial charge in [0.25, 0.3) is 10.0 Å². The summed E-state index contributed by atoms with van der Waals surface area (Å²) < 4.78 is 27.6. The van der Waals surface area contributed by atoms with Crippen LogP contribution in [0.2, 0.25) is 0 Å². The molecule has 0 atom stereocenters. The molecule has 1 aromatic rings. The molecule has 0 aliphatic carbocycles. The molecular formula is C13H18BrN3O3S2. The maximum absolute atomic E-state index is 12.5. The van der Waals surface area contributed by atoms with Crippen molar-refractivity contribution in [2.45, 2.75) is 4.21 Å². The van der Waals surface area contributed by atoms with Crippen LogP contribution in [0.3, 0.4) is 0 Å². The molecule has 1 amide bonds. The molecule has 2 rings (SSSR count). The van der Waals surface area contributed by atoms with Crippen molar-refractivity contribution in [3.05, 3.63) is 28.6 Å². The summed E-state index contributed by atoms with van der Waals surface area (Å²) in [5.41, 5.74) is 0. The lowest BCUT2D eigenvalue weighted by Gasteiger charge is -2.33. The molecule has 1 aromatic heterocycles. The van der Waals surface area contributed by atoms with E-state index in [0.29, 0.717) is 36.9 Å². The van der Waals surface area contributed by atoms with E-state index in [2.05, 4.69) is 27.8 Å². The van der Waals surface area contributed by atoms with Crippen LogP contribution in [-0.4, -0.2) is 62.8 Å². The third-order valence-electron chi connectivity index (χ3n) is 3.28. The van der Waals surface area contributed by atoms with Crippen LogP contribution >= 0.6 is 27.3 Å². The number of nitrogens with zero attached hydrogens (tertiary/aromatic N) is 2. The first kappa shape index (κ1) is 17.6. The van der Waals surface area contributed by atoms with Gasteiger partial charge in [0.15, 0.2) is 0 Å². The van der Waals surface area contributed by atoms with E-state index in [0.717, 1.165) is 3.79 Å². The van der Waals surface area contributed by atoms with Gasteiger partial charge in [-0.05, 0) is 28.1 Å². The molecule has 0 aromatic carbocycles. The first-order valence-corrected chi connectivity index (χ1v) is 9.84. The number of nitrogens with one attached hydrogen (secondary N) is 1. The van der Waals surface area contributed by atoms with Gasteiger partial charge in [-0.3, -0.25) is 9.69 Å². The van der Waals surface area contributed by atoms with E-state index in [-0.39, 0.29) is 12.5 Å². The zero-order chi connectivity index (χ0) is 16.2. The van der Waals surface area contributed by atoms with Gasteiger partial charge in [-0.2, -0.15) is 4.31 Å². The van der Waals surface area contributed by atoms with Crippen molar-refractivity contribution < 1.29 is 13.2 Å². The molecule has 22 heavy (non-hydrogen) atoms. The highest BCUT2D eigenvalue weighted by Crippen LogP contribution is 2.28. The van der Waals surface area contributed by atoms with Crippen molar-refractivity contribution in [1.82, 2.24) is 14.5 Å². The molecule has 1 N–H and O–H groups in total. The number of piperazine rings is 1. The van der Waals surface area contributed by atoms with Crippen molar-refractivity contribution in [3.8, 4) is 0 Å². The van der Waals surface area contributed by atoms with Crippen LogP contribution in [-0.2, 0) is 14.8 Å². The molecule has 0 saturated carbocycles. The van der Waals surface area contributed by atoms with E-state index in [9.17, 15) is 13.2 Å². The Morgan fingerprint density at radius 1 is 1.36 bits per heavy atom. The molecule has 6 nitrogen and oxygen atoms in total. The molecule has 9 heteroatoms. The zero-order valence-electron chi connectivity index (χ0n) is 12.0. The van der Waals surface area contributed by atoms with Gasteiger partial charge in [0.05, 0.1) is 10.3 Å². The number of carbonyl (C=O) groups is 1. The predicted octanol–water partition coefficient (Wildman–Crippen LogP) is 1.12. The van der Waals surface area contributed by atoms with Crippen molar-refractivity contribution in [2.24, 2.45) is 0 Å². The van der Waals surface area contributed by atoms with Gasteiger partial charge in [-0.15, -0.1) is 17.9 Å². The van der Waals surface area contributed by atoms with Crippen LogP contribution in [0.15, 0.2) is 32.8 Å². The molecule has 0 bridgehead atoms. The number of sulfonamides is 1. The Hall–Kier alpha value is -0.740. The first-order chi connectivity index (χ1) is 10.4. The molecule has 2 heterocycles. The maximum atomic E-state index is 12.5. The number of halogens is 1. The second-order valence-electron chi connectivity index (χ2n) is 4.83. The average molecular weight is 408 g/mol. The summed E-state index contributed by atoms with van der Waals surface area (Å²) in [4.78, 5) is 13.6. The standard InChI is InChI=1S/C13H18BrN3O3S2/c1-2-5-15-12(18)10-16-6-8-17(9-7-16)22(19,20)13-4-3-11(14)21-13/h2-4H,1,5-10H2,(H,15,18). The number of hydrogen-bond donors (Lipinski definition) is 1. The third kappa shape index (κ3) is 4.39. The quantitative estimate of drug-likeness (QED) is 0.717. The number of carbonyl (C=O) groups excluding carboxylic acids is 1. The lowest BCUT2D eigenvalue weighted by Crippen LogP contribution is -2.50. The maximum Gasteiger partial charge on any atom is 0.252 e. The van der Waals surface area contributed by atoms with Crippen LogP contribution in [0.5, 0.6) is 0 Å². The van der Waals surface area contributed by atoms with Crippen LogP contribution in [0, 0.1) is 0 Å². The Balaban J connectivity index is 1.89. The normalized spacial score (nSPS) is 17.3. The largest absolute Gasteiger partial charge is 0.352 e. The Bertz CT molecular complexity index is 637. The number of hydrogen-bond acceptors (Lipinski definition) is 5. The Morgan fingerprint density at radius 2 is 2.05 bits per heavy atom. The molecule has 0 unspecified atom stereocenters. The molecule has 0 spiro atoms. The number of amides is 1. The van der Waals surface area contributed by atoms with Gasteiger partial charge in [0, 0.05) is 32.7 Å². The zero-order valence-corrected chi connectivity index (χ0v) is 15.2. The lowest BCUT2D eigenvalue weighted by atomic mass is 10.3. The van der Waals surface area contributed by atoms with Gasteiger partial charge in [-0.25, -0.2) is 8.42 Å². The van der Waals surface area contributed by atoms with Crippen LogP contribution in [0.4, 0.5) is 0 Å². The second-order valence-corrected chi connectivity index (χ2v) is 9.46. The fourth-order valence-corrected chi connectivity index (χ4v) is 5.72. The van der Waals surface area contributed by atoms with Crippen LogP contribution in [0.25, 0.3) is 0 Å². The van der Waals surface area contributed by atoms with Crippen LogP contribution in [0.1, 0.15) is 0 Å². The summed E-state index contributed by atoms with van der Waals surface area (Å²) in [6, 6.07) is 3.34. The highest BCUT2D eigenvalue weighted by atomic mass is 79.9. The molecular weight excluding hydrogens is 390 g/mol. The molecule has 1 aliphatic rings. The minimum atomic E-state index is -3.43. The molecule has 1 fully saturated rings. The third-order valence-corrected chi connectivity index (χ3v) is 7.27. The summed E-state index contributed by atoms with van der Waals surface area (Å²) in [5, 5.41) is 2.72. The fourth-order valence-electron chi connectivity index (χ4n) is 2.14. The van der Waals surface area contributed by atoms with E-state index in [1.165, 1.54) is 15.6 Å². The highest BCUT2D eigenvalue weighted by Gasteiger charge is 2.29. The van der Waals surface area contributed by atoms with E-state index >= 15 is 0 Å². The van der Waals surface area contributed by atoms with Crippen LogP contribution < -0.4 is 5.32 Å². The van der Waals surface area contributed by atoms with E-state index in [1.807, 2.05) is 4.90 Å². The summed E-state index contributed by atoms with van der Waals surface area (Å²) in [6.45, 7) is 6.16. The molecule has 1 aliphatic heterocycles. The van der Waals surface area contributed by atoms with E-state index < -0.39 is 10.0 Å². The van der Waals surface area contributed by atoms with Crippen molar-refractivity contribution in [1.29, 1.82) is 0 Å².